The predicted molar refractivity (Wildman–Crippen MR) is 140 cm³/mol. The summed E-state index contributed by atoms with van der Waals surface area (Å²) < 4.78 is 26.4. The van der Waals surface area contributed by atoms with Gasteiger partial charge in [-0.15, -0.1) is 0 Å². The average Bonchev–Trinajstić information content (AvgIpc) is 3.34. The van der Waals surface area contributed by atoms with E-state index in [0.29, 0.717) is 5.56 Å². The van der Waals surface area contributed by atoms with Gasteiger partial charge in [0.1, 0.15) is 12.6 Å². The molecule has 0 aromatic heterocycles. The Kier molecular flexibility index (Phi) is 8.89. The Bertz CT molecular complexity index is 1200. The molecule has 0 heterocycles. The van der Waals surface area contributed by atoms with Crippen LogP contribution in [0.15, 0.2) is 48.5 Å². The molecule has 0 radical (unpaired) electrons. The van der Waals surface area contributed by atoms with Crippen molar-refractivity contribution in [1.29, 1.82) is 0 Å². The number of hydrogen-bond acceptors (Lipinski definition) is 5. The molecular formula is C27H35N3O5S. The number of amides is 2. The van der Waals surface area contributed by atoms with E-state index in [9.17, 15) is 22.8 Å². The van der Waals surface area contributed by atoms with Gasteiger partial charge in [0.15, 0.2) is 5.78 Å². The molecule has 1 N–H and O–H groups in total. The van der Waals surface area contributed by atoms with Gasteiger partial charge in [-0.05, 0) is 51.3 Å². The third-order valence-corrected chi connectivity index (χ3v) is 7.70. The third kappa shape index (κ3) is 7.16. The zero-order valence-electron chi connectivity index (χ0n) is 21.4. The molecule has 0 aliphatic heterocycles. The number of rotatable bonds is 10. The highest BCUT2D eigenvalue weighted by Gasteiger charge is 2.31. The lowest BCUT2D eigenvalue weighted by Gasteiger charge is -2.32. The summed E-state index contributed by atoms with van der Waals surface area (Å²) in [5.41, 5.74) is 2.46. The molecule has 3 rings (SSSR count). The zero-order chi connectivity index (χ0) is 26.5. The van der Waals surface area contributed by atoms with Gasteiger partial charge in [-0.1, -0.05) is 54.8 Å². The van der Waals surface area contributed by atoms with E-state index in [1.54, 1.807) is 25.1 Å². The maximum Gasteiger partial charge on any atom is 0.244 e. The molecule has 0 saturated heterocycles. The van der Waals surface area contributed by atoms with Gasteiger partial charge in [0.25, 0.3) is 0 Å². The van der Waals surface area contributed by atoms with Crippen molar-refractivity contribution in [2.45, 2.75) is 65.1 Å². The molecule has 2 aromatic rings. The van der Waals surface area contributed by atoms with Gasteiger partial charge < -0.3 is 10.2 Å². The van der Waals surface area contributed by atoms with Crippen LogP contribution in [0.5, 0.6) is 0 Å². The topological polar surface area (TPSA) is 104 Å². The minimum Gasteiger partial charge on any atom is -0.352 e. The highest BCUT2D eigenvalue weighted by atomic mass is 32.2. The first-order valence-electron chi connectivity index (χ1n) is 12.2. The molecule has 1 aliphatic carbocycles. The summed E-state index contributed by atoms with van der Waals surface area (Å²) in [6.07, 6.45) is 4.97. The van der Waals surface area contributed by atoms with Crippen molar-refractivity contribution < 1.29 is 22.8 Å². The lowest BCUT2D eigenvalue weighted by atomic mass is 10.1. The van der Waals surface area contributed by atoms with Crippen molar-refractivity contribution in [2.75, 3.05) is 17.1 Å². The lowest BCUT2D eigenvalue weighted by molar-refractivity contribution is -0.139. The molecule has 1 fully saturated rings. The minimum atomic E-state index is -3.86. The molecule has 1 saturated carbocycles. The van der Waals surface area contributed by atoms with Crippen LogP contribution in [-0.2, 0) is 26.2 Å². The maximum atomic E-state index is 13.6. The van der Waals surface area contributed by atoms with E-state index in [2.05, 4.69) is 5.32 Å². The molecule has 8 nitrogen and oxygen atoms in total. The van der Waals surface area contributed by atoms with E-state index >= 15 is 0 Å². The predicted octanol–water partition coefficient (Wildman–Crippen LogP) is 3.44. The summed E-state index contributed by atoms with van der Waals surface area (Å²) in [4.78, 5) is 40.0. The van der Waals surface area contributed by atoms with Crippen LogP contribution in [0.1, 0.15) is 61.0 Å². The van der Waals surface area contributed by atoms with Crippen molar-refractivity contribution in [2.24, 2.45) is 0 Å². The number of hydrogen-bond donors (Lipinski definition) is 1. The van der Waals surface area contributed by atoms with Gasteiger partial charge in [0.2, 0.25) is 21.8 Å². The molecule has 2 aromatic carbocycles. The Hall–Kier alpha value is -3.20. The van der Waals surface area contributed by atoms with Gasteiger partial charge in [-0.2, -0.15) is 0 Å². The number of nitrogens with one attached hydrogen (secondary N) is 1. The fraction of sp³-hybridized carbons (Fsp3) is 0.444. The largest absolute Gasteiger partial charge is 0.352 e. The number of carbonyl (C=O) groups is 3. The van der Waals surface area contributed by atoms with E-state index in [0.717, 1.165) is 47.4 Å². The number of nitrogens with zero attached hydrogens (tertiary/aromatic N) is 2. The Morgan fingerprint density at radius 3 is 2.28 bits per heavy atom. The SMILES string of the molecule is CC(=O)c1cccc(N(CC(=O)N(Cc2ccc(C)cc2)C(C)C(=O)NC2CCCC2)S(C)(=O)=O)c1. The minimum absolute atomic E-state index is 0.0955. The van der Waals surface area contributed by atoms with Crippen LogP contribution >= 0.6 is 0 Å². The van der Waals surface area contributed by atoms with Crippen molar-refractivity contribution in [3.63, 3.8) is 0 Å². The molecule has 1 unspecified atom stereocenters. The highest BCUT2D eigenvalue weighted by Crippen LogP contribution is 2.22. The van der Waals surface area contributed by atoms with Crippen LogP contribution in [0.3, 0.4) is 0 Å². The van der Waals surface area contributed by atoms with Crippen molar-refractivity contribution in [1.82, 2.24) is 10.2 Å². The van der Waals surface area contributed by atoms with E-state index in [1.165, 1.54) is 17.9 Å². The summed E-state index contributed by atoms with van der Waals surface area (Å²) in [6, 6.07) is 13.1. The smallest absolute Gasteiger partial charge is 0.244 e. The van der Waals surface area contributed by atoms with Gasteiger partial charge in [-0.3, -0.25) is 18.7 Å². The number of carbonyl (C=O) groups excluding carboxylic acids is 3. The molecule has 2 amide bonds. The molecular weight excluding hydrogens is 478 g/mol. The Morgan fingerprint density at radius 2 is 1.69 bits per heavy atom. The number of sulfonamides is 1. The van der Waals surface area contributed by atoms with Crippen LogP contribution in [-0.4, -0.2) is 55.8 Å². The van der Waals surface area contributed by atoms with Gasteiger partial charge in [-0.25, -0.2) is 8.42 Å². The summed E-state index contributed by atoms with van der Waals surface area (Å²) >= 11 is 0. The second-order valence-corrected chi connectivity index (χ2v) is 11.5. The summed E-state index contributed by atoms with van der Waals surface area (Å²) in [5.74, 6) is -0.982. The first kappa shape index (κ1) is 27.4. The van der Waals surface area contributed by atoms with E-state index in [1.807, 2.05) is 31.2 Å². The molecule has 0 bridgehead atoms. The highest BCUT2D eigenvalue weighted by molar-refractivity contribution is 7.92. The molecule has 9 heteroatoms. The van der Waals surface area contributed by atoms with E-state index < -0.39 is 28.5 Å². The number of anilines is 1. The van der Waals surface area contributed by atoms with Gasteiger partial charge >= 0.3 is 0 Å². The zero-order valence-corrected chi connectivity index (χ0v) is 22.2. The summed E-state index contributed by atoms with van der Waals surface area (Å²) in [5, 5.41) is 3.04. The Balaban J connectivity index is 1.90. The van der Waals surface area contributed by atoms with Crippen molar-refractivity contribution in [3.05, 3.63) is 65.2 Å². The molecule has 0 spiro atoms. The van der Waals surface area contributed by atoms with E-state index in [4.69, 9.17) is 0 Å². The molecule has 1 aliphatic rings. The van der Waals surface area contributed by atoms with Gasteiger partial charge in [0, 0.05) is 18.2 Å². The normalized spacial score (nSPS) is 14.8. The summed E-state index contributed by atoms with van der Waals surface area (Å²) in [7, 11) is -3.86. The van der Waals surface area contributed by atoms with Crippen molar-refractivity contribution in [3.8, 4) is 0 Å². The monoisotopic (exact) mass is 513 g/mol. The average molecular weight is 514 g/mol. The summed E-state index contributed by atoms with van der Waals surface area (Å²) in [6.45, 7) is 4.68. The third-order valence-electron chi connectivity index (χ3n) is 6.56. The Labute approximate surface area is 213 Å². The first-order valence-corrected chi connectivity index (χ1v) is 14.0. The van der Waals surface area contributed by atoms with Crippen LogP contribution in [0.4, 0.5) is 5.69 Å². The van der Waals surface area contributed by atoms with Crippen LogP contribution in [0.25, 0.3) is 0 Å². The molecule has 1 atom stereocenters. The molecule has 194 valence electrons. The van der Waals surface area contributed by atoms with Gasteiger partial charge in [0.05, 0.1) is 11.9 Å². The number of ketones is 1. The van der Waals surface area contributed by atoms with Crippen LogP contribution < -0.4 is 9.62 Å². The number of aryl methyl sites for hydroxylation is 1. The fourth-order valence-electron chi connectivity index (χ4n) is 4.36. The maximum absolute atomic E-state index is 13.6. The quantitative estimate of drug-likeness (QED) is 0.490. The second kappa shape index (κ2) is 11.7. The van der Waals surface area contributed by atoms with Crippen LogP contribution in [0, 0.1) is 6.92 Å². The number of benzene rings is 2. The lowest BCUT2D eigenvalue weighted by Crippen LogP contribution is -2.52. The first-order chi connectivity index (χ1) is 17.0. The Morgan fingerprint density at radius 1 is 1.06 bits per heavy atom. The fourth-order valence-corrected chi connectivity index (χ4v) is 5.20. The van der Waals surface area contributed by atoms with Crippen LogP contribution in [0.2, 0.25) is 0 Å². The second-order valence-electron chi connectivity index (χ2n) is 9.55. The standard InChI is InChI=1S/C27H35N3O5S/c1-19-12-14-22(15-13-19)17-29(20(2)27(33)28-24-9-5-6-10-24)26(32)18-30(36(4,34)35)25-11-7-8-23(16-25)21(3)31/h7-8,11-16,20,24H,5-6,9-10,17-18H2,1-4H3,(H,28,33). The van der Waals surface area contributed by atoms with E-state index in [-0.39, 0.29) is 30.0 Å². The number of Topliss-reactive ketones (excluding diaryl/α,β-unsaturated/α-hetero) is 1. The molecule has 36 heavy (non-hydrogen) atoms. The van der Waals surface area contributed by atoms with Crippen molar-refractivity contribution >= 4 is 33.3 Å².